The summed E-state index contributed by atoms with van der Waals surface area (Å²) < 4.78 is 0. The Labute approximate surface area is 89.9 Å². The van der Waals surface area contributed by atoms with E-state index in [2.05, 4.69) is 10.3 Å². The number of carbonyl (C=O) groups is 1. The Kier molecular flexibility index (Phi) is 3.11. The SMILES string of the molecule is Cc1ccc(C(=O)CNCC2CC2)cn1. The maximum absolute atomic E-state index is 11.7. The third kappa shape index (κ3) is 3.13. The fourth-order valence-corrected chi connectivity index (χ4v) is 1.45. The molecule has 1 aromatic rings. The number of hydrogen-bond donors (Lipinski definition) is 1. The summed E-state index contributed by atoms with van der Waals surface area (Å²) >= 11 is 0. The molecule has 0 atom stereocenters. The van der Waals surface area contributed by atoms with E-state index in [0.29, 0.717) is 12.1 Å². The van der Waals surface area contributed by atoms with Gasteiger partial charge in [-0.3, -0.25) is 9.78 Å². The third-order valence-electron chi connectivity index (χ3n) is 2.65. The van der Waals surface area contributed by atoms with Crippen molar-refractivity contribution >= 4 is 5.78 Å². The average molecular weight is 204 g/mol. The standard InChI is InChI=1S/C12H16N2O/c1-9-2-5-11(7-14-9)12(15)8-13-6-10-3-4-10/h2,5,7,10,13H,3-4,6,8H2,1H3. The Balaban J connectivity index is 1.81. The van der Waals surface area contributed by atoms with Crippen molar-refractivity contribution in [2.24, 2.45) is 5.92 Å². The summed E-state index contributed by atoms with van der Waals surface area (Å²) in [6, 6.07) is 3.71. The fraction of sp³-hybridized carbons (Fsp3) is 0.500. The summed E-state index contributed by atoms with van der Waals surface area (Å²) in [4.78, 5) is 15.8. The van der Waals surface area contributed by atoms with Crippen LogP contribution in [0.15, 0.2) is 18.3 Å². The zero-order chi connectivity index (χ0) is 10.7. The number of aromatic nitrogens is 1. The van der Waals surface area contributed by atoms with E-state index in [1.54, 1.807) is 6.20 Å². The number of nitrogens with one attached hydrogen (secondary N) is 1. The smallest absolute Gasteiger partial charge is 0.178 e. The van der Waals surface area contributed by atoms with Crippen LogP contribution >= 0.6 is 0 Å². The minimum Gasteiger partial charge on any atom is -0.309 e. The number of nitrogens with zero attached hydrogens (tertiary/aromatic N) is 1. The van der Waals surface area contributed by atoms with Crippen molar-refractivity contribution < 1.29 is 4.79 Å². The van der Waals surface area contributed by atoms with Gasteiger partial charge in [0.25, 0.3) is 0 Å². The lowest BCUT2D eigenvalue weighted by Gasteiger charge is -2.02. The molecule has 1 heterocycles. The molecular formula is C12H16N2O. The number of rotatable bonds is 5. The Morgan fingerprint density at radius 3 is 2.93 bits per heavy atom. The lowest BCUT2D eigenvalue weighted by Crippen LogP contribution is -2.25. The number of hydrogen-bond acceptors (Lipinski definition) is 3. The minimum atomic E-state index is 0.128. The molecule has 1 fully saturated rings. The van der Waals surface area contributed by atoms with Crippen molar-refractivity contribution in [1.29, 1.82) is 0 Å². The molecule has 2 rings (SSSR count). The Bertz CT molecular complexity index is 341. The van der Waals surface area contributed by atoms with Gasteiger partial charge >= 0.3 is 0 Å². The maximum Gasteiger partial charge on any atom is 0.178 e. The lowest BCUT2D eigenvalue weighted by atomic mass is 10.2. The molecule has 1 aromatic heterocycles. The quantitative estimate of drug-likeness (QED) is 0.740. The molecule has 0 aliphatic heterocycles. The highest BCUT2D eigenvalue weighted by Crippen LogP contribution is 2.27. The first kappa shape index (κ1) is 10.3. The van der Waals surface area contributed by atoms with Crippen LogP contribution in [0.25, 0.3) is 0 Å². The summed E-state index contributed by atoms with van der Waals surface area (Å²) in [6.07, 6.45) is 4.27. The molecule has 1 aliphatic carbocycles. The number of pyridine rings is 1. The predicted molar refractivity (Wildman–Crippen MR) is 58.9 cm³/mol. The van der Waals surface area contributed by atoms with Crippen LogP contribution in [-0.4, -0.2) is 23.9 Å². The zero-order valence-electron chi connectivity index (χ0n) is 8.99. The van der Waals surface area contributed by atoms with Crippen LogP contribution in [-0.2, 0) is 0 Å². The second-order valence-electron chi connectivity index (χ2n) is 4.19. The molecule has 0 unspecified atom stereocenters. The van der Waals surface area contributed by atoms with Crippen molar-refractivity contribution in [1.82, 2.24) is 10.3 Å². The molecule has 0 aromatic carbocycles. The van der Waals surface area contributed by atoms with Gasteiger partial charge in [-0.05, 0) is 44.4 Å². The van der Waals surface area contributed by atoms with Crippen molar-refractivity contribution in [3.63, 3.8) is 0 Å². The maximum atomic E-state index is 11.7. The molecule has 3 heteroatoms. The second-order valence-corrected chi connectivity index (χ2v) is 4.19. The van der Waals surface area contributed by atoms with E-state index in [1.807, 2.05) is 19.1 Å². The molecule has 1 N–H and O–H groups in total. The van der Waals surface area contributed by atoms with Crippen molar-refractivity contribution in [2.45, 2.75) is 19.8 Å². The van der Waals surface area contributed by atoms with Gasteiger partial charge in [0.05, 0.1) is 6.54 Å². The normalized spacial score (nSPS) is 15.3. The summed E-state index contributed by atoms with van der Waals surface area (Å²) in [5.74, 6) is 0.942. The highest BCUT2D eigenvalue weighted by Gasteiger charge is 2.20. The van der Waals surface area contributed by atoms with Gasteiger partial charge in [0.15, 0.2) is 5.78 Å². The second kappa shape index (κ2) is 4.53. The van der Waals surface area contributed by atoms with Gasteiger partial charge in [-0.1, -0.05) is 0 Å². The van der Waals surface area contributed by atoms with Crippen LogP contribution in [0.4, 0.5) is 0 Å². The van der Waals surface area contributed by atoms with E-state index in [9.17, 15) is 4.79 Å². The average Bonchev–Trinajstić information content (AvgIpc) is 3.02. The molecule has 80 valence electrons. The first-order valence-corrected chi connectivity index (χ1v) is 5.42. The third-order valence-corrected chi connectivity index (χ3v) is 2.65. The van der Waals surface area contributed by atoms with Gasteiger partial charge in [0.2, 0.25) is 0 Å². The van der Waals surface area contributed by atoms with Crippen LogP contribution in [0.5, 0.6) is 0 Å². The van der Waals surface area contributed by atoms with E-state index in [0.717, 1.165) is 18.2 Å². The van der Waals surface area contributed by atoms with E-state index in [4.69, 9.17) is 0 Å². The first-order chi connectivity index (χ1) is 7.25. The summed E-state index contributed by atoms with van der Waals surface area (Å²) in [7, 11) is 0. The van der Waals surface area contributed by atoms with Gasteiger partial charge in [-0.2, -0.15) is 0 Å². The number of ketones is 1. The molecule has 0 saturated heterocycles. The molecule has 15 heavy (non-hydrogen) atoms. The van der Waals surface area contributed by atoms with Crippen molar-refractivity contribution in [3.8, 4) is 0 Å². The topological polar surface area (TPSA) is 42.0 Å². The highest BCUT2D eigenvalue weighted by molar-refractivity contribution is 5.97. The van der Waals surface area contributed by atoms with Gasteiger partial charge in [0.1, 0.15) is 0 Å². The minimum absolute atomic E-state index is 0.128. The predicted octanol–water partition coefficient (Wildman–Crippen LogP) is 1.57. The molecule has 3 nitrogen and oxygen atoms in total. The van der Waals surface area contributed by atoms with Gasteiger partial charge in [0, 0.05) is 17.5 Å². The van der Waals surface area contributed by atoms with Crippen molar-refractivity contribution in [3.05, 3.63) is 29.6 Å². The summed E-state index contributed by atoms with van der Waals surface area (Å²) in [5.41, 5.74) is 1.64. The fourth-order valence-electron chi connectivity index (χ4n) is 1.45. The zero-order valence-corrected chi connectivity index (χ0v) is 8.99. The van der Waals surface area contributed by atoms with Crippen LogP contribution in [0.3, 0.4) is 0 Å². The largest absolute Gasteiger partial charge is 0.309 e. The number of Topliss-reactive ketones (excluding diaryl/α,β-unsaturated/α-hetero) is 1. The molecular weight excluding hydrogens is 188 g/mol. The van der Waals surface area contributed by atoms with E-state index >= 15 is 0 Å². The highest BCUT2D eigenvalue weighted by atomic mass is 16.1. The van der Waals surface area contributed by atoms with Gasteiger partial charge < -0.3 is 5.32 Å². The molecule has 0 amide bonds. The lowest BCUT2D eigenvalue weighted by molar-refractivity contribution is 0.0990. The van der Waals surface area contributed by atoms with Gasteiger partial charge in [-0.15, -0.1) is 0 Å². The summed E-state index contributed by atoms with van der Waals surface area (Å²) in [5, 5.41) is 3.18. The Morgan fingerprint density at radius 1 is 1.53 bits per heavy atom. The Morgan fingerprint density at radius 2 is 2.33 bits per heavy atom. The van der Waals surface area contributed by atoms with E-state index in [1.165, 1.54) is 12.8 Å². The first-order valence-electron chi connectivity index (χ1n) is 5.42. The van der Waals surface area contributed by atoms with Gasteiger partial charge in [-0.25, -0.2) is 0 Å². The number of carbonyl (C=O) groups excluding carboxylic acids is 1. The van der Waals surface area contributed by atoms with Crippen LogP contribution in [0, 0.1) is 12.8 Å². The van der Waals surface area contributed by atoms with E-state index in [-0.39, 0.29) is 5.78 Å². The van der Waals surface area contributed by atoms with Crippen LogP contribution in [0.1, 0.15) is 28.9 Å². The molecule has 0 spiro atoms. The monoisotopic (exact) mass is 204 g/mol. The van der Waals surface area contributed by atoms with Crippen LogP contribution in [0.2, 0.25) is 0 Å². The molecule has 0 bridgehead atoms. The van der Waals surface area contributed by atoms with Crippen LogP contribution < -0.4 is 5.32 Å². The molecule has 0 radical (unpaired) electrons. The van der Waals surface area contributed by atoms with Crippen molar-refractivity contribution in [2.75, 3.05) is 13.1 Å². The van der Waals surface area contributed by atoms with E-state index < -0.39 is 0 Å². The summed E-state index contributed by atoms with van der Waals surface area (Å²) in [6.45, 7) is 3.33. The molecule has 1 aliphatic rings. The number of aryl methyl sites for hydroxylation is 1. The Hall–Kier alpha value is -1.22. The molecule has 1 saturated carbocycles.